The molecule has 6 nitrogen and oxygen atoms in total. The molecule has 0 radical (unpaired) electrons. The highest BCUT2D eigenvalue weighted by molar-refractivity contribution is 7.16. The molecule has 0 spiro atoms. The third-order valence-corrected chi connectivity index (χ3v) is 6.67. The van der Waals surface area contributed by atoms with Crippen molar-refractivity contribution in [1.82, 2.24) is 29.5 Å². The van der Waals surface area contributed by atoms with Crippen molar-refractivity contribution in [2.75, 3.05) is 13.1 Å². The maximum Gasteiger partial charge on any atom is 0.280 e. The molecule has 0 saturated heterocycles. The van der Waals surface area contributed by atoms with Crippen LogP contribution in [0.1, 0.15) is 49.2 Å². The van der Waals surface area contributed by atoms with E-state index >= 15 is 0 Å². The maximum atomic E-state index is 13.4. The minimum Gasteiger partial charge on any atom is -0.292 e. The van der Waals surface area contributed by atoms with Gasteiger partial charge in [0.2, 0.25) is 0 Å². The SMILES string of the molecule is CC1=CCN([C@@H](C)c2ccc3ncsc3c2)C[C@H]1c1cc(C(F)F)nc2ncnn12. The molecular formula is C21H20F2N6S. The van der Waals surface area contributed by atoms with Gasteiger partial charge in [0.05, 0.1) is 21.4 Å². The molecule has 30 heavy (non-hydrogen) atoms. The van der Waals surface area contributed by atoms with Gasteiger partial charge in [-0.2, -0.15) is 10.1 Å². The summed E-state index contributed by atoms with van der Waals surface area (Å²) >= 11 is 1.63. The molecule has 3 aromatic heterocycles. The van der Waals surface area contributed by atoms with Crippen LogP contribution in [0.5, 0.6) is 0 Å². The fraction of sp³-hybridized carbons (Fsp3) is 0.333. The Hall–Kier alpha value is -2.78. The molecule has 0 fully saturated rings. The lowest BCUT2D eigenvalue weighted by Crippen LogP contribution is -2.36. The number of fused-ring (bicyclic) bond motifs is 2. The normalized spacial score (nSPS) is 19.0. The molecule has 4 aromatic rings. The van der Waals surface area contributed by atoms with E-state index in [0.717, 1.165) is 17.6 Å². The Morgan fingerprint density at radius 3 is 2.90 bits per heavy atom. The van der Waals surface area contributed by atoms with E-state index in [-0.39, 0.29) is 23.4 Å². The first-order chi connectivity index (χ1) is 14.5. The Kier molecular flexibility index (Phi) is 4.79. The van der Waals surface area contributed by atoms with E-state index in [0.29, 0.717) is 12.2 Å². The van der Waals surface area contributed by atoms with Gasteiger partial charge in [0.1, 0.15) is 12.0 Å². The lowest BCUT2D eigenvalue weighted by atomic mass is 9.90. The summed E-state index contributed by atoms with van der Waals surface area (Å²) in [4.78, 5) is 14.7. The Morgan fingerprint density at radius 1 is 1.20 bits per heavy atom. The summed E-state index contributed by atoms with van der Waals surface area (Å²) in [6.07, 6.45) is 0.869. The molecule has 0 bridgehead atoms. The number of nitrogens with zero attached hydrogens (tertiary/aromatic N) is 6. The van der Waals surface area contributed by atoms with Crippen molar-refractivity contribution in [3.63, 3.8) is 0 Å². The van der Waals surface area contributed by atoms with Crippen molar-refractivity contribution in [3.8, 4) is 0 Å². The van der Waals surface area contributed by atoms with Crippen LogP contribution in [0.2, 0.25) is 0 Å². The van der Waals surface area contributed by atoms with Crippen LogP contribution in [0.3, 0.4) is 0 Å². The van der Waals surface area contributed by atoms with Gasteiger partial charge >= 0.3 is 0 Å². The van der Waals surface area contributed by atoms with Gasteiger partial charge in [-0.3, -0.25) is 4.90 Å². The van der Waals surface area contributed by atoms with Crippen molar-refractivity contribution >= 4 is 27.3 Å². The second-order valence-corrected chi connectivity index (χ2v) is 8.47. The molecule has 0 N–H and O–H groups in total. The van der Waals surface area contributed by atoms with Crippen molar-refractivity contribution in [2.45, 2.75) is 32.2 Å². The highest BCUT2D eigenvalue weighted by Gasteiger charge is 2.29. The van der Waals surface area contributed by atoms with E-state index < -0.39 is 6.43 Å². The number of rotatable bonds is 4. The Morgan fingerprint density at radius 2 is 2.07 bits per heavy atom. The molecule has 5 rings (SSSR count). The molecule has 154 valence electrons. The van der Waals surface area contributed by atoms with Crippen LogP contribution in [0.25, 0.3) is 16.0 Å². The number of alkyl halides is 2. The molecule has 4 heterocycles. The number of aromatic nitrogens is 5. The summed E-state index contributed by atoms with van der Waals surface area (Å²) in [6.45, 7) is 5.72. The largest absolute Gasteiger partial charge is 0.292 e. The van der Waals surface area contributed by atoms with Crippen LogP contribution < -0.4 is 0 Å². The Bertz CT molecular complexity index is 1250. The van der Waals surface area contributed by atoms with Crippen LogP contribution in [0, 0.1) is 0 Å². The molecule has 0 aliphatic carbocycles. The van der Waals surface area contributed by atoms with Crippen LogP contribution in [-0.2, 0) is 0 Å². The maximum absolute atomic E-state index is 13.4. The summed E-state index contributed by atoms with van der Waals surface area (Å²) in [5.74, 6) is 0.134. The van der Waals surface area contributed by atoms with Gasteiger partial charge in [0.15, 0.2) is 0 Å². The summed E-state index contributed by atoms with van der Waals surface area (Å²) < 4.78 is 29.6. The zero-order valence-electron chi connectivity index (χ0n) is 16.5. The molecule has 1 aliphatic heterocycles. The Balaban J connectivity index is 1.50. The van der Waals surface area contributed by atoms with E-state index in [1.54, 1.807) is 15.9 Å². The van der Waals surface area contributed by atoms with Gasteiger partial charge in [0.25, 0.3) is 12.2 Å². The summed E-state index contributed by atoms with van der Waals surface area (Å²) in [5, 5.41) is 4.23. The fourth-order valence-electron chi connectivity index (χ4n) is 4.06. The first-order valence-electron chi connectivity index (χ1n) is 9.74. The first-order valence-corrected chi connectivity index (χ1v) is 10.6. The first kappa shape index (κ1) is 19.2. The molecular weight excluding hydrogens is 406 g/mol. The molecule has 0 unspecified atom stereocenters. The third-order valence-electron chi connectivity index (χ3n) is 5.88. The van der Waals surface area contributed by atoms with E-state index in [1.807, 2.05) is 12.4 Å². The summed E-state index contributed by atoms with van der Waals surface area (Å²) in [7, 11) is 0. The van der Waals surface area contributed by atoms with Crippen molar-refractivity contribution in [3.05, 3.63) is 64.7 Å². The van der Waals surface area contributed by atoms with Crippen molar-refractivity contribution in [2.24, 2.45) is 0 Å². The Labute approximate surface area is 175 Å². The van der Waals surface area contributed by atoms with Crippen LogP contribution in [0.15, 0.2) is 47.8 Å². The molecule has 0 saturated carbocycles. The highest BCUT2D eigenvalue weighted by atomic mass is 32.1. The minimum absolute atomic E-state index is 0.0713. The predicted octanol–water partition coefficient (Wildman–Crippen LogP) is 4.78. The van der Waals surface area contributed by atoms with E-state index in [1.165, 1.54) is 22.7 Å². The average Bonchev–Trinajstić information content (AvgIpc) is 3.41. The van der Waals surface area contributed by atoms with Gasteiger partial charge in [0, 0.05) is 25.0 Å². The zero-order valence-corrected chi connectivity index (χ0v) is 17.4. The van der Waals surface area contributed by atoms with Gasteiger partial charge in [-0.15, -0.1) is 11.3 Å². The van der Waals surface area contributed by atoms with Gasteiger partial charge < -0.3 is 0 Å². The number of thiazole rings is 1. The molecule has 9 heteroatoms. The van der Waals surface area contributed by atoms with Crippen LogP contribution in [0.4, 0.5) is 8.78 Å². The van der Waals surface area contributed by atoms with E-state index in [9.17, 15) is 8.78 Å². The molecule has 2 atom stereocenters. The lowest BCUT2D eigenvalue weighted by Gasteiger charge is -2.36. The second-order valence-electron chi connectivity index (χ2n) is 7.59. The quantitative estimate of drug-likeness (QED) is 0.440. The zero-order chi connectivity index (χ0) is 20.8. The van der Waals surface area contributed by atoms with Gasteiger partial charge in [-0.05, 0) is 37.6 Å². The van der Waals surface area contributed by atoms with Crippen molar-refractivity contribution < 1.29 is 8.78 Å². The monoisotopic (exact) mass is 426 g/mol. The number of hydrogen-bond donors (Lipinski definition) is 0. The number of halogens is 2. The van der Waals surface area contributed by atoms with Crippen LogP contribution in [-0.4, -0.2) is 42.6 Å². The summed E-state index contributed by atoms with van der Waals surface area (Å²) in [6, 6.07) is 7.99. The highest BCUT2D eigenvalue weighted by Crippen LogP contribution is 2.34. The number of hydrogen-bond acceptors (Lipinski definition) is 6. The number of benzene rings is 1. The van der Waals surface area contributed by atoms with E-state index in [4.69, 9.17) is 0 Å². The third kappa shape index (κ3) is 3.27. The lowest BCUT2D eigenvalue weighted by molar-refractivity contribution is 0.145. The molecule has 1 aliphatic rings. The molecule has 0 amide bonds. The average molecular weight is 426 g/mol. The standard InChI is InChI=1S/C21H20F2N6S/c1-12-5-6-28(13(2)14-3-4-16-19(7-14)30-11-25-16)9-15(12)18-8-17(20(22)23)27-21-24-10-26-29(18)21/h3-5,7-8,10-11,13,15,20H,6,9H2,1-2H3/t13-,15+/m0/s1. The van der Waals surface area contributed by atoms with Gasteiger partial charge in [-0.1, -0.05) is 17.7 Å². The fourth-order valence-corrected chi connectivity index (χ4v) is 4.78. The predicted molar refractivity (Wildman–Crippen MR) is 112 cm³/mol. The smallest absolute Gasteiger partial charge is 0.280 e. The van der Waals surface area contributed by atoms with Crippen molar-refractivity contribution in [1.29, 1.82) is 0 Å². The molecule has 1 aromatic carbocycles. The van der Waals surface area contributed by atoms with Gasteiger partial charge in [-0.25, -0.2) is 23.3 Å². The van der Waals surface area contributed by atoms with Crippen LogP contribution >= 0.6 is 11.3 Å². The minimum atomic E-state index is -2.65. The van der Waals surface area contributed by atoms with E-state index in [2.05, 4.69) is 56.1 Å². The topological polar surface area (TPSA) is 59.2 Å². The summed E-state index contributed by atoms with van der Waals surface area (Å²) in [5.41, 5.74) is 5.64. The second kappa shape index (κ2) is 7.48.